The molecule has 1 aliphatic rings. The summed E-state index contributed by atoms with van der Waals surface area (Å²) < 4.78 is 0. The first-order valence-electron chi connectivity index (χ1n) is 7.13. The number of hydrogen-bond acceptors (Lipinski definition) is 3. The molecule has 0 amide bonds. The third-order valence-corrected chi connectivity index (χ3v) is 3.88. The second-order valence-electron chi connectivity index (χ2n) is 5.26. The van der Waals surface area contributed by atoms with Crippen molar-refractivity contribution in [3.05, 3.63) is 24.0 Å². The molecule has 1 aromatic rings. The van der Waals surface area contributed by atoms with Gasteiger partial charge in [-0.25, -0.2) is 0 Å². The Morgan fingerprint density at radius 3 is 2.89 bits per heavy atom. The lowest BCUT2D eigenvalue weighted by Crippen LogP contribution is -2.32. The molecule has 1 aromatic heterocycles. The largest absolute Gasteiger partial charge is 0.387 e. The monoisotopic (exact) mass is 248 g/mol. The number of aromatic nitrogens is 1. The Hall–Kier alpha value is -1.09. The second-order valence-corrected chi connectivity index (χ2v) is 5.26. The van der Waals surface area contributed by atoms with Gasteiger partial charge in [0.2, 0.25) is 0 Å². The van der Waals surface area contributed by atoms with E-state index in [0.29, 0.717) is 12.5 Å². The van der Waals surface area contributed by atoms with Crippen LogP contribution in [-0.4, -0.2) is 22.7 Å². The molecule has 1 saturated heterocycles. The van der Waals surface area contributed by atoms with Gasteiger partial charge in [0.1, 0.15) is 0 Å². The number of aliphatic hydroxyl groups is 1. The predicted molar refractivity (Wildman–Crippen MR) is 74.8 cm³/mol. The molecule has 0 aromatic carbocycles. The summed E-state index contributed by atoms with van der Waals surface area (Å²) in [5.74, 6) is 0. The van der Waals surface area contributed by atoms with Gasteiger partial charge in [-0.05, 0) is 38.3 Å². The van der Waals surface area contributed by atoms with Gasteiger partial charge in [-0.3, -0.25) is 4.98 Å². The highest BCUT2D eigenvalue weighted by Gasteiger charge is 2.17. The van der Waals surface area contributed by atoms with E-state index in [1.54, 1.807) is 0 Å². The van der Waals surface area contributed by atoms with Crippen LogP contribution in [0.15, 0.2) is 18.3 Å². The van der Waals surface area contributed by atoms with Gasteiger partial charge in [0.05, 0.1) is 23.7 Å². The van der Waals surface area contributed by atoms with Crippen molar-refractivity contribution in [1.29, 1.82) is 0 Å². The number of nitrogens with zero attached hydrogens (tertiary/aromatic N) is 2. The normalized spacial score (nSPS) is 22.6. The van der Waals surface area contributed by atoms with Crippen molar-refractivity contribution in [2.45, 2.75) is 58.1 Å². The average Bonchev–Trinajstić information content (AvgIpc) is 2.63. The average molecular weight is 248 g/mol. The summed E-state index contributed by atoms with van der Waals surface area (Å²) in [4.78, 5) is 6.84. The van der Waals surface area contributed by atoms with E-state index >= 15 is 0 Å². The van der Waals surface area contributed by atoms with Crippen LogP contribution in [0.2, 0.25) is 0 Å². The minimum absolute atomic E-state index is 0.430. The summed E-state index contributed by atoms with van der Waals surface area (Å²) >= 11 is 0. The van der Waals surface area contributed by atoms with E-state index in [1.165, 1.54) is 31.4 Å². The highest BCUT2D eigenvalue weighted by atomic mass is 16.3. The smallest absolute Gasteiger partial charge is 0.0957 e. The van der Waals surface area contributed by atoms with Crippen LogP contribution in [0.25, 0.3) is 0 Å². The maximum absolute atomic E-state index is 9.75. The molecule has 1 N–H and O–H groups in total. The maximum atomic E-state index is 9.75. The number of pyridine rings is 1. The molecule has 0 bridgehead atoms. The summed E-state index contributed by atoms with van der Waals surface area (Å²) in [6, 6.07) is 4.65. The zero-order valence-corrected chi connectivity index (χ0v) is 11.5. The Kier molecular flexibility index (Phi) is 4.59. The van der Waals surface area contributed by atoms with E-state index < -0.39 is 6.10 Å². The standard InChI is InChI=1S/C15H24N2O/c1-3-15(18)14-9-8-13(11-16-14)17-10-6-4-5-7-12(17)2/h8-9,11-12,15,18H,3-7,10H2,1-2H3/t12?,15-/m0/s1. The molecule has 0 aliphatic carbocycles. The number of hydrogen-bond donors (Lipinski definition) is 1. The van der Waals surface area contributed by atoms with Gasteiger partial charge in [-0.15, -0.1) is 0 Å². The molecule has 2 atom stereocenters. The lowest BCUT2D eigenvalue weighted by atomic mass is 10.1. The minimum atomic E-state index is -0.430. The first-order chi connectivity index (χ1) is 8.72. The Morgan fingerprint density at radius 2 is 2.22 bits per heavy atom. The van der Waals surface area contributed by atoms with Crippen LogP contribution < -0.4 is 4.90 Å². The van der Waals surface area contributed by atoms with E-state index in [1.807, 2.05) is 19.2 Å². The molecular formula is C15H24N2O. The summed E-state index contributed by atoms with van der Waals surface area (Å²) in [5, 5.41) is 9.75. The summed E-state index contributed by atoms with van der Waals surface area (Å²) in [7, 11) is 0. The van der Waals surface area contributed by atoms with E-state index in [-0.39, 0.29) is 0 Å². The van der Waals surface area contributed by atoms with Crippen LogP contribution in [0.4, 0.5) is 5.69 Å². The fourth-order valence-electron chi connectivity index (χ4n) is 2.63. The van der Waals surface area contributed by atoms with Crippen LogP contribution in [0.5, 0.6) is 0 Å². The molecular weight excluding hydrogens is 224 g/mol. The van der Waals surface area contributed by atoms with Crippen molar-refractivity contribution in [1.82, 2.24) is 4.98 Å². The van der Waals surface area contributed by atoms with E-state index in [0.717, 1.165) is 12.2 Å². The molecule has 0 spiro atoms. The zero-order chi connectivity index (χ0) is 13.0. The van der Waals surface area contributed by atoms with Crippen molar-refractivity contribution in [3.63, 3.8) is 0 Å². The highest BCUT2D eigenvalue weighted by molar-refractivity contribution is 5.45. The maximum Gasteiger partial charge on any atom is 0.0957 e. The van der Waals surface area contributed by atoms with Gasteiger partial charge in [0, 0.05) is 12.6 Å². The quantitative estimate of drug-likeness (QED) is 0.891. The lowest BCUT2D eigenvalue weighted by Gasteiger charge is -2.29. The highest BCUT2D eigenvalue weighted by Crippen LogP contribution is 2.24. The predicted octanol–water partition coefficient (Wildman–Crippen LogP) is 3.29. The van der Waals surface area contributed by atoms with Gasteiger partial charge in [-0.2, -0.15) is 0 Å². The summed E-state index contributed by atoms with van der Waals surface area (Å²) in [5.41, 5.74) is 1.97. The van der Waals surface area contributed by atoms with Crippen molar-refractivity contribution >= 4 is 5.69 Å². The topological polar surface area (TPSA) is 36.4 Å². The van der Waals surface area contributed by atoms with Crippen LogP contribution >= 0.6 is 0 Å². The van der Waals surface area contributed by atoms with Gasteiger partial charge in [-0.1, -0.05) is 19.8 Å². The number of rotatable bonds is 3. The molecule has 0 saturated carbocycles. The summed E-state index contributed by atoms with van der Waals surface area (Å²) in [6.45, 7) is 5.38. The third-order valence-electron chi connectivity index (χ3n) is 3.88. The fraction of sp³-hybridized carbons (Fsp3) is 0.667. The Bertz CT molecular complexity index is 363. The van der Waals surface area contributed by atoms with Crippen LogP contribution in [0, 0.1) is 0 Å². The Morgan fingerprint density at radius 1 is 1.39 bits per heavy atom. The van der Waals surface area contributed by atoms with Crippen molar-refractivity contribution in [3.8, 4) is 0 Å². The van der Waals surface area contributed by atoms with E-state index in [9.17, 15) is 5.11 Å². The molecule has 2 heterocycles. The molecule has 3 nitrogen and oxygen atoms in total. The molecule has 1 aliphatic heterocycles. The summed E-state index contributed by atoms with van der Waals surface area (Å²) in [6.07, 6.45) is 7.39. The molecule has 1 fully saturated rings. The van der Waals surface area contributed by atoms with Crippen LogP contribution in [0.1, 0.15) is 57.7 Å². The van der Waals surface area contributed by atoms with Gasteiger partial charge in [0.15, 0.2) is 0 Å². The van der Waals surface area contributed by atoms with Crippen LogP contribution in [-0.2, 0) is 0 Å². The molecule has 18 heavy (non-hydrogen) atoms. The first kappa shape index (κ1) is 13.3. The number of anilines is 1. The Labute approximate surface area is 110 Å². The second kappa shape index (κ2) is 6.19. The third kappa shape index (κ3) is 3.02. The van der Waals surface area contributed by atoms with Crippen molar-refractivity contribution in [2.24, 2.45) is 0 Å². The molecule has 0 radical (unpaired) electrons. The molecule has 100 valence electrons. The molecule has 3 heteroatoms. The van der Waals surface area contributed by atoms with Crippen molar-refractivity contribution in [2.75, 3.05) is 11.4 Å². The lowest BCUT2D eigenvalue weighted by molar-refractivity contribution is 0.169. The first-order valence-corrected chi connectivity index (χ1v) is 7.13. The van der Waals surface area contributed by atoms with Gasteiger partial charge >= 0.3 is 0 Å². The fourth-order valence-corrected chi connectivity index (χ4v) is 2.63. The Balaban J connectivity index is 2.12. The van der Waals surface area contributed by atoms with Crippen molar-refractivity contribution < 1.29 is 5.11 Å². The molecule has 1 unspecified atom stereocenters. The minimum Gasteiger partial charge on any atom is -0.387 e. The number of aliphatic hydroxyl groups excluding tert-OH is 1. The van der Waals surface area contributed by atoms with E-state index in [2.05, 4.69) is 22.9 Å². The van der Waals surface area contributed by atoms with E-state index in [4.69, 9.17) is 0 Å². The van der Waals surface area contributed by atoms with Gasteiger partial charge < -0.3 is 10.0 Å². The zero-order valence-electron chi connectivity index (χ0n) is 11.5. The SMILES string of the molecule is CC[C@H](O)c1ccc(N2CCCCCC2C)cn1. The van der Waals surface area contributed by atoms with Gasteiger partial charge in [0.25, 0.3) is 0 Å². The van der Waals surface area contributed by atoms with Crippen LogP contribution in [0.3, 0.4) is 0 Å². The molecule has 2 rings (SSSR count).